The molecule has 0 saturated heterocycles. The molecule has 0 saturated carbocycles. The molecule has 2 amide bonds. The Bertz CT molecular complexity index is 485. The lowest BCUT2D eigenvalue weighted by atomic mass is 10.1. The van der Waals surface area contributed by atoms with Crippen molar-refractivity contribution in [3.05, 3.63) is 23.8 Å². The fraction of sp³-hybridized carbons (Fsp3) is 0.429. The van der Waals surface area contributed by atoms with Gasteiger partial charge in [0.15, 0.2) is 0 Å². The van der Waals surface area contributed by atoms with Crippen molar-refractivity contribution in [2.75, 3.05) is 32.5 Å². The Morgan fingerprint density at radius 2 is 1.90 bits per heavy atom. The number of nitrogens with zero attached hydrogens (tertiary/aromatic N) is 1. The minimum atomic E-state index is -0.351. The van der Waals surface area contributed by atoms with Gasteiger partial charge >= 0.3 is 0 Å². The molecule has 1 aromatic rings. The highest BCUT2D eigenvalue weighted by Gasteiger charge is 2.13. The molecule has 1 rings (SSSR count). The van der Waals surface area contributed by atoms with Crippen LogP contribution < -0.4 is 15.8 Å². The molecule has 6 nitrogen and oxygen atoms in total. The summed E-state index contributed by atoms with van der Waals surface area (Å²) in [5, 5.41) is 2.59. The molecule has 6 heteroatoms. The number of amides is 2. The maximum absolute atomic E-state index is 12.0. The van der Waals surface area contributed by atoms with Crippen molar-refractivity contribution >= 4 is 17.5 Å². The number of carbonyl (C=O) groups is 2. The summed E-state index contributed by atoms with van der Waals surface area (Å²) in [6.07, 6.45) is 0. The number of rotatable bonds is 6. The van der Waals surface area contributed by atoms with Crippen LogP contribution in [0.2, 0.25) is 0 Å². The van der Waals surface area contributed by atoms with Gasteiger partial charge in [0.1, 0.15) is 5.75 Å². The molecule has 0 aliphatic heterocycles. The normalized spacial score (nSPS) is 9.95. The first-order valence-electron chi connectivity index (χ1n) is 6.52. The average molecular weight is 279 g/mol. The fourth-order valence-electron chi connectivity index (χ4n) is 1.82. The molecule has 0 aliphatic carbocycles. The number of ether oxygens (including phenoxy) is 1. The number of likely N-dealkylation sites (N-methyl/N-ethyl adjacent to an activating group) is 1. The Morgan fingerprint density at radius 1 is 1.25 bits per heavy atom. The Morgan fingerprint density at radius 3 is 2.45 bits per heavy atom. The molecule has 0 atom stereocenters. The SMILES string of the molecule is CCN(CC)C(=O)CNC(=O)c1cc(N)cc(OC)c1. The van der Waals surface area contributed by atoms with Gasteiger partial charge in [-0.1, -0.05) is 0 Å². The zero-order valence-corrected chi connectivity index (χ0v) is 12.1. The maximum atomic E-state index is 12.0. The zero-order valence-electron chi connectivity index (χ0n) is 12.1. The van der Waals surface area contributed by atoms with Crippen LogP contribution in [0.1, 0.15) is 24.2 Å². The van der Waals surface area contributed by atoms with Crippen molar-refractivity contribution < 1.29 is 14.3 Å². The average Bonchev–Trinajstić information content (AvgIpc) is 2.45. The monoisotopic (exact) mass is 279 g/mol. The van der Waals surface area contributed by atoms with E-state index < -0.39 is 0 Å². The molecule has 0 unspecified atom stereocenters. The molecule has 0 fully saturated rings. The quantitative estimate of drug-likeness (QED) is 0.757. The lowest BCUT2D eigenvalue weighted by Crippen LogP contribution is -2.40. The Hall–Kier alpha value is -2.24. The molecule has 0 heterocycles. The van der Waals surface area contributed by atoms with E-state index in [1.807, 2.05) is 13.8 Å². The second-order valence-corrected chi connectivity index (χ2v) is 4.24. The third-order valence-electron chi connectivity index (χ3n) is 2.94. The van der Waals surface area contributed by atoms with E-state index in [-0.39, 0.29) is 18.4 Å². The largest absolute Gasteiger partial charge is 0.497 e. The summed E-state index contributed by atoms with van der Waals surface area (Å²) >= 11 is 0. The van der Waals surface area contributed by atoms with Crippen LogP contribution in [0.15, 0.2) is 18.2 Å². The molecule has 0 aliphatic rings. The van der Waals surface area contributed by atoms with Gasteiger partial charge in [0.05, 0.1) is 13.7 Å². The van der Waals surface area contributed by atoms with Crippen molar-refractivity contribution in [3.63, 3.8) is 0 Å². The summed E-state index contributed by atoms with van der Waals surface area (Å²) in [6, 6.07) is 4.74. The van der Waals surface area contributed by atoms with Crippen LogP contribution in [0.3, 0.4) is 0 Å². The lowest BCUT2D eigenvalue weighted by Gasteiger charge is -2.18. The number of hydrogen-bond donors (Lipinski definition) is 2. The van der Waals surface area contributed by atoms with Crippen LogP contribution in [-0.2, 0) is 4.79 Å². The van der Waals surface area contributed by atoms with E-state index in [1.165, 1.54) is 7.11 Å². The van der Waals surface area contributed by atoms with Crippen LogP contribution in [-0.4, -0.2) is 43.5 Å². The van der Waals surface area contributed by atoms with Gasteiger partial charge in [-0.25, -0.2) is 0 Å². The predicted octanol–water partition coefficient (Wildman–Crippen LogP) is 0.876. The van der Waals surface area contributed by atoms with E-state index >= 15 is 0 Å². The van der Waals surface area contributed by atoms with Crippen molar-refractivity contribution in [1.29, 1.82) is 0 Å². The van der Waals surface area contributed by atoms with Gasteiger partial charge in [0, 0.05) is 30.4 Å². The number of anilines is 1. The molecule has 0 radical (unpaired) electrons. The van der Waals surface area contributed by atoms with E-state index in [0.717, 1.165) is 0 Å². The van der Waals surface area contributed by atoms with E-state index in [2.05, 4.69) is 5.32 Å². The number of methoxy groups -OCH3 is 1. The standard InChI is InChI=1S/C14H21N3O3/c1-4-17(5-2)13(18)9-16-14(19)10-6-11(15)8-12(7-10)20-3/h6-8H,4-5,9,15H2,1-3H3,(H,16,19). The summed E-state index contributed by atoms with van der Waals surface area (Å²) in [6.45, 7) is 5.00. The zero-order chi connectivity index (χ0) is 15.1. The summed E-state index contributed by atoms with van der Waals surface area (Å²) in [7, 11) is 1.50. The van der Waals surface area contributed by atoms with Gasteiger partial charge in [0.25, 0.3) is 5.91 Å². The molecule has 110 valence electrons. The van der Waals surface area contributed by atoms with Crippen LogP contribution >= 0.6 is 0 Å². The van der Waals surface area contributed by atoms with Crippen molar-refractivity contribution in [2.45, 2.75) is 13.8 Å². The van der Waals surface area contributed by atoms with Gasteiger partial charge in [-0.2, -0.15) is 0 Å². The summed E-state index contributed by atoms with van der Waals surface area (Å²) < 4.78 is 5.05. The molecule has 20 heavy (non-hydrogen) atoms. The fourth-order valence-corrected chi connectivity index (χ4v) is 1.82. The first kappa shape index (κ1) is 15.8. The Labute approximate surface area is 118 Å². The number of nitrogens with two attached hydrogens (primary N) is 1. The maximum Gasteiger partial charge on any atom is 0.251 e. The molecule has 0 spiro atoms. The van der Waals surface area contributed by atoms with Crippen molar-refractivity contribution in [3.8, 4) is 5.75 Å². The van der Waals surface area contributed by atoms with Crippen molar-refractivity contribution in [2.24, 2.45) is 0 Å². The van der Waals surface area contributed by atoms with Crippen LogP contribution in [0.25, 0.3) is 0 Å². The number of benzene rings is 1. The molecule has 0 bridgehead atoms. The van der Waals surface area contributed by atoms with Crippen LogP contribution in [0.4, 0.5) is 5.69 Å². The number of nitrogen functional groups attached to an aromatic ring is 1. The number of hydrogen-bond acceptors (Lipinski definition) is 4. The summed E-state index contributed by atoms with van der Waals surface area (Å²) in [4.78, 5) is 25.4. The highest BCUT2D eigenvalue weighted by atomic mass is 16.5. The Kier molecular flexibility index (Phi) is 5.83. The van der Waals surface area contributed by atoms with Gasteiger partial charge in [-0.15, -0.1) is 0 Å². The van der Waals surface area contributed by atoms with Crippen molar-refractivity contribution in [1.82, 2.24) is 10.2 Å². The minimum Gasteiger partial charge on any atom is -0.497 e. The highest BCUT2D eigenvalue weighted by Crippen LogP contribution is 2.18. The van der Waals surface area contributed by atoms with Gasteiger partial charge < -0.3 is 20.7 Å². The predicted molar refractivity (Wildman–Crippen MR) is 77.7 cm³/mol. The molecule has 1 aromatic carbocycles. The molecule has 3 N–H and O–H groups in total. The first-order valence-corrected chi connectivity index (χ1v) is 6.52. The van der Waals surface area contributed by atoms with E-state index in [9.17, 15) is 9.59 Å². The van der Waals surface area contributed by atoms with E-state index in [1.54, 1.807) is 23.1 Å². The van der Waals surface area contributed by atoms with Crippen LogP contribution in [0.5, 0.6) is 5.75 Å². The third kappa shape index (κ3) is 4.15. The molecule has 0 aromatic heterocycles. The molecular weight excluding hydrogens is 258 g/mol. The topological polar surface area (TPSA) is 84.7 Å². The number of nitrogens with one attached hydrogen (secondary N) is 1. The van der Waals surface area contributed by atoms with E-state index in [0.29, 0.717) is 30.1 Å². The first-order chi connectivity index (χ1) is 9.51. The highest BCUT2D eigenvalue weighted by molar-refractivity contribution is 5.97. The van der Waals surface area contributed by atoms with Gasteiger partial charge in [-0.05, 0) is 26.0 Å². The van der Waals surface area contributed by atoms with E-state index in [4.69, 9.17) is 10.5 Å². The second-order valence-electron chi connectivity index (χ2n) is 4.24. The molecular formula is C14H21N3O3. The smallest absolute Gasteiger partial charge is 0.251 e. The second kappa shape index (κ2) is 7.37. The van der Waals surface area contributed by atoms with Crippen LogP contribution in [0, 0.1) is 0 Å². The minimum absolute atomic E-state index is 0.0301. The third-order valence-corrected chi connectivity index (χ3v) is 2.94. The van der Waals surface area contributed by atoms with Gasteiger partial charge in [0.2, 0.25) is 5.91 Å². The van der Waals surface area contributed by atoms with Gasteiger partial charge in [-0.3, -0.25) is 9.59 Å². The lowest BCUT2D eigenvalue weighted by molar-refractivity contribution is -0.129. The number of carbonyl (C=O) groups excluding carboxylic acids is 2. The summed E-state index contributed by atoms with van der Waals surface area (Å²) in [5.41, 5.74) is 6.49. The summed E-state index contributed by atoms with van der Waals surface area (Å²) in [5.74, 6) is 0.0422. The Balaban J connectivity index is 2.67.